The molecule has 3 rings (SSSR count). The molecule has 0 unspecified atom stereocenters. The number of fused-ring (bicyclic) bond motifs is 2. The molecule has 0 fully saturated rings. The number of hydrogen-bond acceptors (Lipinski definition) is 3. The molecule has 0 saturated heterocycles. The van der Waals surface area contributed by atoms with E-state index >= 15 is 0 Å². The Labute approximate surface area is 118 Å². The third-order valence-corrected chi connectivity index (χ3v) is 2.49. The molecule has 0 aliphatic rings. The fourth-order valence-corrected chi connectivity index (χ4v) is 1.75. The number of nitrogens with one attached hydrogen (secondary N) is 1. The van der Waals surface area contributed by atoms with E-state index in [2.05, 4.69) is 26.3 Å². The van der Waals surface area contributed by atoms with Crippen molar-refractivity contribution in [3.05, 3.63) is 30.7 Å². The predicted molar refractivity (Wildman–Crippen MR) is 59.9 cm³/mol. The molecule has 0 aliphatic carbocycles. The minimum atomic E-state index is 0. The molecule has 2 aromatic heterocycles. The third-order valence-electron chi connectivity index (χ3n) is 2.49. The van der Waals surface area contributed by atoms with Crippen LogP contribution in [0.3, 0.4) is 0 Å². The van der Waals surface area contributed by atoms with Crippen molar-refractivity contribution in [2.75, 3.05) is 12.4 Å². The van der Waals surface area contributed by atoms with Gasteiger partial charge in [0.25, 0.3) is 0 Å². The minimum Gasteiger partial charge on any atom is -0.664 e. The first-order valence-electron chi connectivity index (χ1n) is 4.72. The Morgan fingerprint density at radius 1 is 1.25 bits per heavy atom. The van der Waals surface area contributed by atoms with Gasteiger partial charge in [-0.2, -0.15) is 6.20 Å². The first-order valence-corrected chi connectivity index (χ1v) is 4.72. The fourth-order valence-electron chi connectivity index (χ4n) is 1.75. The number of nitrogens with zero attached hydrogens (tertiary/aromatic N) is 3. The molecule has 0 amide bonds. The van der Waals surface area contributed by atoms with Crippen LogP contribution in [0.2, 0.25) is 0 Å². The van der Waals surface area contributed by atoms with Gasteiger partial charge < -0.3 is 10.3 Å². The van der Waals surface area contributed by atoms with Gasteiger partial charge in [-0.15, -0.1) is 5.52 Å². The van der Waals surface area contributed by atoms with E-state index in [1.165, 1.54) is 0 Å². The van der Waals surface area contributed by atoms with E-state index < -0.39 is 0 Å². The van der Waals surface area contributed by atoms with E-state index in [-0.39, 0.29) is 32.7 Å². The zero-order chi connectivity index (χ0) is 10.3. The molecule has 1 aromatic carbocycles. The fraction of sp³-hybridized carbons (Fsp3) is 0.0909. The van der Waals surface area contributed by atoms with Crippen LogP contribution in [-0.4, -0.2) is 17.0 Å². The zero-order valence-corrected chi connectivity index (χ0v) is 11.6. The van der Waals surface area contributed by atoms with Gasteiger partial charge in [-0.3, -0.25) is 0 Å². The molecule has 0 saturated carbocycles. The van der Waals surface area contributed by atoms with E-state index in [1.807, 2.05) is 19.2 Å². The summed E-state index contributed by atoms with van der Waals surface area (Å²) in [4.78, 5) is 12.6. The van der Waals surface area contributed by atoms with Gasteiger partial charge in [-0.25, -0.2) is 9.97 Å². The van der Waals surface area contributed by atoms with Crippen LogP contribution in [0, 0.1) is 0 Å². The monoisotopic (exact) mass is 286 g/mol. The van der Waals surface area contributed by atoms with Crippen LogP contribution in [0.1, 0.15) is 0 Å². The summed E-state index contributed by atoms with van der Waals surface area (Å²) in [6.07, 6.45) is 3.36. The molecular formula is C11H9N4Y-. The van der Waals surface area contributed by atoms with Gasteiger partial charge in [0.15, 0.2) is 0 Å². The van der Waals surface area contributed by atoms with Gasteiger partial charge in [-0.05, 0) is 17.5 Å². The molecule has 77 valence electrons. The zero-order valence-electron chi connectivity index (χ0n) is 8.81. The summed E-state index contributed by atoms with van der Waals surface area (Å²) in [7, 11) is 1.86. The van der Waals surface area contributed by atoms with Crippen molar-refractivity contribution in [1.29, 1.82) is 0 Å². The van der Waals surface area contributed by atoms with Crippen molar-refractivity contribution in [3.8, 4) is 0 Å². The number of hydrogen-bond donors (Lipinski definition) is 1. The molecule has 0 atom stereocenters. The van der Waals surface area contributed by atoms with Crippen molar-refractivity contribution in [3.63, 3.8) is 0 Å². The average Bonchev–Trinajstić information content (AvgIpc) is 2.72. The summed E-state index contributed by atoms with van der Waals surface area (Å²) in [5.41, 5.74) is 1.89. The Morgan fingerprint density at radius 2 is 2.12 bits per heavy atom. The largest absolute Gasteiger partial charge is 0.664 e. The first kappa shape index (κ1) is 11.5. The number of benzene rings is 1. The molecule has 2 heterocycles. The topological polar surface area (TPSA) is 51.9 Å². The maximum atomic E-state index is 4.24. The van der Waals surface area contributed by atoms with Crippen molar-refractivity contribution < 1.29 is 32.7 Å². The van der Waals surface area contributed by atoms with Crippen LogP contribution < -0.4 is 10.3 Å². The van der Waals surface area contributed by atoms with Crippen LogP contribution >= 0.6 is 0 Å². The summed E-state index contributed by atoms with van der Waals surface area (Å²) in [5, 5.41) is 5.20. The van der Waals surface area contributed by atoms with Gasteiger partial charge in [0.2, 0.25) is 0 Å². The Morgan fingerprint density at radius 3 is 2.94 bits per heavy atom. The molecular weight excluding hydrogens is 277 g/mol. The van der Waals surface area contributed by atoms with Crippen LogP contribution in [0.4, 0.5) is 5.82 Å². The molecule has 0 spiro atoms. The molecule has 4 nitrogen and oxygen atoms in total. The van der Waals surface area contributed by atoms with Gasteiger partial charge in [0.1, 0.15) is 12.1 Å². The summed E-state index contributed by atoms with van der Waals surface area (Å²) >= 11 is 0. The van der Waals surface area contributed by atoms with E-state index in [0.717, 1.165) is 27.6 Å². The van der Waals surface area contributed by atoms with E-state index in [9.17, 15) is 0 Å². The van der Waals surface area contributed by atoms with Crippen molar-refractivity contribution in [2.24, 2.45) is 0 Å². The van der Waals surface area contributed by atoms with E-state index in [1.54, 1.807) is 12.5 Å². The predicted octanol–water partition coefficient (Wildman–Crippen LogP) is 1.78. The normalized spacial score (nSPS) is 10.3. The van der Waals surface area contributed by atoms with Crippen LogP contribution in [0.25, 0.3) is 21.8 Å². The minimum absolute atomic E-state index is 0. The van der Waals surface area contributed by atoms with Gasteiger partial charge in [0, 0.05) is 45.1 Å². The number of anilines is 1. The van der Waals surface area contributed by atoms with Crippen molar-refractivity contribution in [2.45, 2.75) is 0 Å². The third kappa shape index (κ3) is 1.72. The second-order valence-corrected chi connectivity index (χ2v) is 3.35. The van der Waals surface area contributed by atoms with Crippen LogP contribution in [0.15, 0.2) is 30.7 Å². The quantitative estimate of drug-likeness (QED) is 0.741. The Balaban J connectivity index is 0.000000963. The van der Waals surface area contributed by atoms with Crippen LogP contribution in [-0.2, 0) is 32.7 Å². The molecule has 3 aromatic rings. The molecule has 0 aliphatic heterocycles. The molecule has 0 bridgehead atoms. The summed E-state index contributed by atoms with van der Waals surface area (Å²) < 4.78 is 0. The molecule has 1 radical (unpaired) electrons. The summed E-state index contributed by atoms with van der Waals surface area (Å²) in [6.45, 7) is 0. The van der Waals surface area contributed by atoms with Crippen molar-refractivity contribution in [1.82, 2.24) is 15.0 Å². The Kier molecular flexibility index (Phi) is 3.21. The molecule has 5 heteroatoms. The maximum absolute atomic E-state index is 4.24. The van der Waals surface area contributed by atoms with Gasteiger partial charge in [0.05, 0.1) is 5.52 Å². The average molecular weight is 286 g/mol. The Bertz CT molecular complexity index is 632. The maximum Gasteiger partial charge on any atom is 0.137 e. The summed E-state index contributed by atoms with van der Waals surface area (Å²) in [6, 6.07) is 6.03. The van der Waals surface area contributed by atoms with Gasteiger partial charge in [-0.1, -0.05) is 6.07 Å². The number of rotatable bonds is 1. The second-order valence-electron chi connectivity index (χ2n) is 3.35. The molecule has 1 N–H and O–H groups in total. The second kappa shape index (κ2) is 4.48. The summed E-state index contributed by atoms with van der Waals surface area (Å²) in [5.74, 6) is 0.850. The molecule has 16 heavy (non-hydrogen) atoms. The van der Waals surface area contributed by atoms with E-state index in [4.69, 9.17) is 0 Å². The first-order chi connectivity index (χ1) is 7.38. The Hall–Kier alpha value is -0.996. The SMILES string of the molecule is CNc1ncnc2cc3[n-]ccc3cc12.[Y]. The smallest absolute Gasteiger partial charge is 0.137 e. The number of aromatic nitrogens is 3. The van der Waals surface area contributed by atoms with Crippen LogP contribution in [0.5, 0.6) is 0 Å². The standard InChI is InChI=1S/C11H9N4.Y/c1-12-11-8-4-7-2-3-13-9(7)5-10(8)14-6-15-11;/h2-6H,1H3,(H,12,14,15);/q-1;. The van der Waals surface area contributed by atoms with Crippen molar-refractivity contribution >= 4 is 27.6 Å². The van der Waals surface area contributed by atoms with E-state index in [0.29, 0.717) is 0 Å². The van der Waals surface area contributed by atoms with Gasteiger partial charge >= 0.3 is 0 Å².